The molecule has 0 saturated carbocycles. The normalized spacial score (nSPS) is 19.3. The molecule has 2 aliphatic rings. The quantitative estimate of drug-likeness (QED) is 0.813. The van der Waals surface area contributed by atoms with E-state index in [-0.39, 0.29) is 11.5 Å². The average molecular weight is 363 g/mol. The predicted molar refractivity (Wildman–Crippen MR) is 106 cm³/mol. The summed E-state index contributed by atoms with van der Waals surface area (Å²) in [6.07, 6.45) is 4.09. The first-order valence-corrected chi connectivity index (χ1v) is 9.60. The molecule has 1 fully saturated rings. The number of hydrogen-bond acceptors (Lipinski definition) is 4. The summed E-state index contributed by atoms with van der Waals surface area (Å²) in [5.41, 5.74) is 2.97. The van der Waals surface area contributed by atoms with E-state index in [1.165, 1.54) is 0 Å². The first kappa shape index (κ1) is 17.8. The van der Waals surface area contributed by atoms with E-state index in [4.69, 9.17) is 4.74 Å². The van der Waals surface area contributed by atoms with Crippen LogP contribution in [0.25, 0.3) is 6.08 Å². The van der Waals surface area contributed by atoms with Crippen LogP contribution < -0.4 is 4.74 Å². The van der Waals surface area contributed by atoms with Crippen molar-refractivity contribution in [3.63, 3.8) is 0 Å². The molecule has 1 N–H and O–H groups in total. The van der Waals surface area contributed by atoms with E-state index in [9.17, 15) is 9.90 Å². The smallest absolute Gasteiger partial charge is 0.232 e. The minimum Gasteiger partial charge on any atom is -0.507 e. The van der Waals surface area contributed by atoms with Crippen LogP contribution in [0.15, 0.2) is 42.2 Å². The highest BCUT2D eigenvalue weighted by atomic mass is 16.5. The van der Waals surface area contributed by atoms with Gasteiger partial charge in [0.25, 0.3) is 0 Å². The summed E-state index contributed by atoms with van der Waals surface area (Å²) in [7, 11) is 0. The summed E-state index contributed by atoms with van der Waals surface area (Å²) in [5.74, 6) is 1.69. The molecule has 0 bridgehead atoms. The fourth-order valence-electron chi connectivity index (χ4n) is 3.88. The van der Waals surface area contributed by atoms with Crippen molar-refractivity contribution in [2.24, 2.45) is 5.92 Å². The van der Waals surface area contributed by atoms with Crippen LogP contribution in [-0.4, -0.2) is 28.9 Å². The van der Waals surface area contributed by atoms with Crippen LogP contribution in [0.5, 0.6) is 11.5 Å². The minimum absolute atomic E-state index is 0.111. The van der Waals surface area contributed by atoms with E-state index in [2.05, 4.69) is 11.8 Å². The number of fused-ring (bicyclic) bond motifs is 1. The minimum atomic E-state index is -0.111. The number of hydrogen-bond donors (Lipinski definition) is 1. The summed E-state index contributed by atoms with van der Waals surface area (Å²) in [6.45, 7) is 6.74. The van der Waals surface area contributed by atoms with Crippen molar-refractivity contribution in [2.45, 2.75) is 33.2 Å². The Morgan fingerprint density at radius 2 is 1.93 bits per heavy atom. The average Bonchev–Trinajstić information content (AvgIpc) is 2.98. The standard InChI is InChI=1S/C23H25NO3/c1-15-8-10-24(11-9-15)14-18-19(25)12-16(2)21-22(26)20(27-23(18)21)13-17-6-4-3-5-7-17/h3-7,12-13,15,25H,8-11,14H2,1-2H3/b20-13-. The van der Waals surface area contributed by atoms with Crippen molar-refractivity contribution < 1.29 is 14.6 Å². The van der Waals surface area contributed by atoms with Crippen molar-refractivity contribution in [3.8, 4) is 11.5 Å². The van der Waals surface area contributed by atoms with Crippen LogP contribution >= 0.6 is 0 Å². The van der Waals surface area contributed by atoms with E-state index in [1.807, 2.05) is 37.3 Å². The van der Waals surface area contributed by atoms with Gasteiger partial charge < -0.3 is 9.84 Å². The first-order valence-electron chi connectivity index (χ1n) is 9.60. The Hall–Kier alpha value is -2.59. The lowest BCUT2D eigenvalue weighted by Crippen LogP contribution is -2.32. The van der Waals surface area contributed by atoms with Gasteiger partial charge in [-0.15, -0.1) is 0 Å². The molecular formula is C23H25NO3. The number of aromatic hydroxyl groups is 1. The van der Waals surface area contributed by atoms with Gasteiger partial charge in [0.2, 0.25) is 5.78 Å². The first-order chi connectivity index (χ1) is 13.0. The van der Waals surface area contributed by atoms with E-state index in [0.717, 1.165) is 48.5 Å². The third-order valence-electron chi connectivity index (χ3n) is 5.58. The van der Waals surface area contributed by atoms with Gasteiger partial charge in [-0.1, -0.05) is 37.3 Å². The third-order valence-corrected chi connectivity index (χ3v) is 5.58. The largest absolute Gasteiger partial charge is 0.507 e. The summed E-state index contributed by atoms with van der Waals surface area (Å²) < 4.78 is 6.00. The van der Waals surface area contributed by atoms with Crippen LogP contribution in [-0.2, 0) is 6.54 Å². The lowest BCUT2D eigenvalue weighted by molar-refractivity contribution is 0.101. The maximum atomic E-state index is 12.9. The van der Waals surface area contributed by atoms with Crippen molar-refractivity contribution in [1.29, 1.82) is 0 Å². The number of benzene rings is 2. The van der Waals surface area contributed by atoms with Crippen molar-refractivity contribution in [2.75, 3.05) is 13.1 Å². The number of ether oxygens (including phenoxy) is 1. The van der Waals surface area contributed by atoms with Crippen LogP contribution in [0, 0.1) is 12.8 Å². The second-order valence-corrected chi connectivity index (χ2v) is 7.70. The Balaban J connectivity index is 1.67. The van der Waals surface area contributed by atoms with Crippen LogP contribution in [0.4, 0.5) is 0 Å². The fourth-order valence-corrected chi connectivity index (χ4v) is 3.88. The number of rotatable bonds is 3. The fraction of sp³-hybridized carbons (Fsp3) is 0.348. The number of piperidine rings is 1. The molecule has 0 aliphatic carbocycles. The Morgan fingerprint density at radius 1 is 1.22 bits per heavy atom. The topological polar surface area (TPSA) is 49.8 Å². The number of phenolic OH excluding ortho intramolecular Hbond substituents is 1. The molecule has 4 nitrogen and oxygen atoms in total. The molecule has 0 amide bonds. The van der Waals surface area contributed by atoms with Gasteiger partial charge in [0.05, 0.1) is 11.1 Å². The summed E-state index contributed by atoms with van der Waals surface area (Å²) in [6, 6.07) is 11.4. The van der Waals surface area contributed by atoms with Crippen LogP contribution in [0.2, 0.25) is 0 Å². The maximum absolute atomic E-state index is 12.9. The molecule has 1 saturated heterocycles. The third kappa shape index (κ3) is 3.50. The molecule has 2 heterocycles. The van der Waals surface area contributed by atoms with Gasteiger partial charge in [0.1, 0.15) is 11.5 Å². The SMILES string of the molecule is Cc1cc(O)c(CN2CCC(C)CC2)c2c1C(=O)/C(=C/c1ccccc1)O2. The Labute approximate surface area is 160 Å². The number of aryl methyl sites for hydroxylation is 1. The zero-order chi connectivity index (χ0) is 19.0. The van der Waals surface area contributed by atoms with Gasteiger partial charge in [0, 0.05) is 6.54 Å². The molecule has 0 unspecified atom stereocenters. The molecule has 0 aromatic heterocycles. The van der Waals surface area contributed by atoms with Crippen molar-refractivity contribution in [1.82, 2.24) is 4.90 Å². The molecule has 140 valence electrons. The summed E-state index contributed by atoms with van der Waals surface area (Å²) in [4.78, 5) is 15.3. The highest BCUT2D eigenvalue weighted by Crippen LogP contribution is 2.42. The molecule has 0 atom stereocenters. The Morgan fingerprint density at radius 3 is 2.63 bits per heavy atom. The second kappa shape index (κ2) is 7.20. The number of carbonyl (C=O) groups is 1. The summed E-state index contributed by atoms with van der Waals surface area (Å²) >= 11 is 0. The predicted octanol–water partition coefficient (Wildman–Crippen LogP) is 4.55. The van der Waals surface area contributed by atoms with Gasteiger partial charge in [-0.2, -0.15) is 0 Å². The van der Waals surface area contributed by atoms with Gasteiger partial charge >= 0.3 is 0 Å². The van der Waals surface area contributed by atoms with Crippen molar-refractivity contribution in [3.05, 3.63) is 64.4 Å². The zero-order valence-corrected chi connectivity index (χ0v) is 15.9. The number of carbonyl (C=O) groups excluding carboxylic acids is 1. The van der Waals surface area contributed by atoms with E-state index < -0.39 is 0 Å². The number of phenols is 1. The van der Waals surface area contributed by atoms with E-state index >= 15 is 0 Å². The van der Waals surface area contributed by atoms with Crippen LogP contribution in [0.3, 0.4) is 0 Å². The number of nitrogens with zero attached hydrogens (tertiary/aromatic N) is 1. The van der Waals surface area contributed by atoms with E-state index in [0.29, 0.717) is 23.6 Å². The molecule has 2 aromatic carbocycles. The number of Topliss-reactive ketones (excluding diaryl/α,β-unsaturated/α-hetero) is 1. The lowest BCUT2D eigenvalue weighted by Gasteiger charge is -2.30. The summed E-state index contributed by atoms with van der Waals surface area (Å²) in [5, 5.41) is 10.6. The monoisotopic (exact) mass is 363 g/mol. The highest BCUT2D eigenvalue weighted by Gasteiger charge is 2.34. The molecule has 4 rings (SSSR count). The van der Waals surface area contributed by atoms with Gasteiger partial charge in [-0.3, -0.25) is 9.69 Å². The zero-order valence-electron chi connectivity index (χ0n) is 15.9. The molecule has 27 heavy (non-hydrogen) atoms. The molecule has 2 aromatic rings. The Bertz CT molecular complexity index is 894. The van der Waals surface area contributed by atoms with Gasteiger partial charge in [-0.05, 0) is 62.0 Å². The molecule has 4 heteroatoms. The lowest BCUT2D eigenvalue weighted by atomic mass is 9.96. The molecular weight excluding hydrogens is 338 g/mol. The highest BCUT2D eigenvalue weighted by molar-refractivity contribution is 6.15. The van der Waals surface area contributed by atoms with Gasteiger partial charge in [-0.25, -0.2) is 0 Å². The maximum Gasteiger partial charge on any atom is 0.232 e. The number of likely N-dealkylation sites (tertiary alicyclic amines) is 1. The molecule has 2 aliphatic heterocycles. The molecule has 0 radical (unpaired) electrons. The Kier molecular flexibility index (Phi) is 4.75. The van der Waals surface area contributed by atoms with Crippen molar-refractivity contribution >= 4 is 11.9 Å². The van der Waals surface area contributed by atoms with Crippen LogP contribution in [0.1, 0.15) is 46.8 Å². The second-order valence-electron chi connectivity index (χ2n) is 7.70. The molecule has 0 spiro atoms. The number of allylic oxidation sites excluding steroid dienone is 1. The van der Waals surface area contributed by atoms with Gasteiger partial charge in [0.15, 0.2) is 5.76 Å². The number of ketones is 1. The van der Waals surface area contributed by atoms with E-state index in [1.54, 1.807) is 12.1 Å².